The number of methoxy groups -OCH3 is 1. The molecule has 1 aromatic heterocycles. The molecule has 0 amide bonds. The van der Waals surface area contributed by atoms with Crippen molar-refractivity contribution in [1.29, 1.82) is 0 Å². The molecule has 1 aromatic rings. The van der Waals surface area contributed by atoms with Gasteiger partial charge in [0.15, 0.2) is 0 Å². The number of carbonyl (C=O) groups is 1. The molecule has 1 atom stereocenters. The Balaban J connectivity index is 1.93. The number of likely N-dealkylation sites (tertiary alicyclic amines) is 1. The van der Waals surface area contributed by atoms with E-state index in [9.17, 15) is 4.79 Å². The maximum absolute atomic E-state index is 11.6. The molecule has 18 heavy (non-hydrogen) atoms. The highest BCUT2D eigenvalue weighted by Crippen LogP contribution is 2.18. The predicted octanol–water partition coefficient (Wildman–Crippen LogP) is 1.14. The molecular weight excluding hydrogens is 230 g/mol. The van der Waals surface area contributed by atoms with Crippen LogP contribution in [0.2, 0.25) is 0 Å². The molecule has 0 aromatic carbocycles. The van der Waals surface area contributed by atoms with E-state index in [2.05, 4.69) is 23.0 Å². The van der Waals surface area contributed by atoms with Crippen LogP contribution in [-0.4, -0.2) is 46.9 Å². The summed E-state index contributed by atoms with van der Waals surface area (Å²) in [5.41, 5.74) is 2.21. The smallest absolute Gasteiger partial charge is 0.323 e. The summed E-state index contributed by atoms with van der Waals surface area (Å²) in [4.78, 5) is 13.8. The van der Waals surface area contributed by atoms with Gasteiger partial charge in [0.2, 0.25) is 0 Å². The number of aromatic nitrogens is 2. The molecule has 1 aliphatic heterocycles. The topological polar surface area (TPSA) is 47.4 Å². The Labute approximate surface area is 108 Å². The molecule has 1 fully saturated rings. The highest BCUT2D eigenvalue weighted by molar-refractivity contribution is 5.75. The van der Waals surface area contributed by atoms with Crippen LogP contribution in [0.5, 0.6) is 0 Å². The molecule has 0 radical (unpaired) electrons. The van der Waals surface area contributed by atoms with Gasteiger partial charge in [0.1, 0.15) is 6.04 Å². The van der Waals surface area contributed by atoms with E-state index in [-0.39, 0.29) is 12.0 Å². The normalized spacial score (nSPS) is 20.3. The molecule has 0 saturated carbocycles. The molecule has 0 bridgehead atoms. The van der Waals surface area contributed by atoms with Crippen LogP contribution in [0.25, 0.3) is 0 Å². The van der Waals surface area contributed by atoms with Crippen molar-refractivity contribution in [2.24, 2.45) is 0 Å². The first kappa shape index (κ1) is 13.1. The van der Waals surface area contributed by atoms with E-state index in [4.69, 9.17) is 4.74 Å². The second-order valence-electron chi connectivity index (χ2n) is 4.87. The fourth-order valence-electron chi connectivity index (χ4n) is 2.62. The Morgan fingerprint density at radius 2 is 2.28 bits per heavy atom. The van der Waals surface area contributed by atoms with Gasteiger partial charge < -0.3 is 4.74 Å². The van der Waals surface area contributed by atoms with Crippen LogP contribution in [0.1, 0.15) is 24.2 Å². The minimum atomic E-state index is -0.110. The number of hydrogen-bond donors (Lipinski definition) is 0. The van der Waals surface area contributed by atoms with Gasteiger partial charge in [0.05, 0.1) is 19.3 Å². The van der Waals surface area contributed by atoms with Crippen LogP contribution < -0.4 is 0 Å². The highest BCUT2D eigenvalue weighted by Gasteiger charge is 2.31. The Kier molecular flexibility index (Phi) is 4.01. The molecule has 0 aliphatic carbocycles. The van der Waals surface area contributed by atoms with Gasteiger partial charge in [-0.3, -0.25) is 14.4 Å². The van der Waals surface area contributed by atoms with E-state index in [0.717, 1.165) is 38.2 Å². The number of carbonyl (C=O) groups excluding carboxylic acids is 1. The minimum absolute atomic E-state index is 0.0630. The summed E-state index contributed by atoms with van der Waals surface area (Å²) in [5, 5.41) is 4.44. The van der Waals surface area contributed by atoms with Crippen LogP contribution in [0.4, 0.5) is 0 Å². The SMILES string of the molecule is COC(=O)[C@@H]1CCCN1CCn1nc(C)cc1C. The summed E-state index contributed by atoms with van der Waals surface area (Å²) < 4.78 is 6.84. The third kappa shape index (κ3) is 2.72. The fraction of sp³-hybridized carbons (Fsp3) is 0.692. The van der Waals surface area contributed by atoms with Crippen LogP contribution in [-0.2, 0) is 16.1 Å². The van der Waals surface area contributed by atoms with Gasteiger partial charge in [-0.15, -0.1) is 0 Å². The van der Waals surface area contributed by atoms with Crippen molar-refractivity contribution < 1.29 is 9.53 Å². The lowest BCUT2D eigenvalue weighted by Gasteiger charge is -2.22. The molecular formula is C13H21N3O2. The molecule has 5 heteroatoms. The Morgan fingerprint density at radius 3 is 2.89 bits per heavy atom. The average Bonchev–Trinajstić information content (AvgIpc) is 2.92. The van der Waals surface area contributed by atoms with E-state index in [0.29, 0.717) is 0 Å². The number of rotatable bonds is 4. The quantitative estimate of drug-likeness (QED) is 0.753. The maximum Gasteiger partial charge on any atom is 0.323 e. The second kappa shape index (κ2) is 5.52. The summed E-state index contributed by atoms with van der Waals surface area (Å²) in [6, 6.07) is 2.01. The third-order valence-corrected chi connectivity index (χ3v) is 3.54. The second-order valence-corrected chi connectivity index (χ2v) is 4.87. The van der Waals surface area contributed by atoms with Crippen LogP contribution in [0.3, 0.4) is 0 Å². The Morgan fingerprint density at radius 1 is 1.50 bits per heavy atom. The summed E-state index contributed by atoms with van der Waals surface area (Å²) in [6.45, 7) is 6.70. The minimum Gasteiger partial charge on any atom is -0.468 e. The first-order valence-corrected chi connectivity index (χ1v) is 6.44. The zero-order valence-electron chi connectivity index (χ0n) is 11.3. The Bertz CT molecular complexity index is 428. The van der Waals surface area contributed by atoms with Crippen molar-refractivity contribution in [3.8, 4) is 0 Å². The summed E-state index contributed by atoms with van der Waals surface area (Å²) >= 11 is 0. The number of hydrogen-bond acceptors (Lipinski definition) is 4. The maximum atomic E-state index is 11.6. The molecule has 2 heterocycles. The molecule has 5 nitrogen and oxygen atoms in total. The number of ether oxygens (including phenoxy) is 1. The van der Waals surface area contributed by atoms with Crippen molar-refractivity contribution in [1.82, 2.24) is 14.7 Å². The van der Waals surface area contributed by atoms with E-state index in [1.165, 1.54) is 12.8 Å². The summed E-state index contributed by atoms with van der Waals surface area (Å²) in [6.07, 6.45) is 1.97. The van der Waals surface area contributed by atoms with Crippen LogP contribution in [0.15, 0.2) is 6.07 Å². The van der Waals surface area contributed by atoms with Gasteiger partial charge in [-0.25, -0.2) is 0 Å². The molecule has 0 spiro atoms. The van der Waals surface area contributed by atoms with E-state index in [1.54, 1.807) is 0 Å². The molecule has 0 N–H and O–H groups in total. The lowest BCUT2D eigenvalue weighted by Crippen LogP contribution is -2.38. The first-order chi connectivity index (χ1) is 8.61. The monoisotopic (exact) mass is 251 g/mol. The van der Waals surface area contributed by atoms with Gasteiger partial charge in [0, 0.05) is 12.2 Å². The first-order valence-electron chi connectivity index (χ1n) is 6.44. The molecule has 100 valence electrons. The van der Waals surface area contributed by atoms with Gasteiger partial charge in [0.25, 0.3) is 0 Å². The molecule has 1 aliphatic rings. The largest absolute Gasteiger partial charge is 0.468 e. The van der Waals surface area contributed by atoms with Crippen molar-refractivity contribution in [3.63, 3.8) is 0 Å². The number of nitrogens with zero attached hydrogens (tertiary/aromatic N) is 3. The van der Waals surface area contributed by atoms with Gasteiger partial charge in [-0.05, 0) is 39.3 Å². The van der Waals surface area contributed by atoms with Crippen molar-refractivity contribution in [2.45, 2.75) is 39.3 Å². The fourth-order valence-corrected chi connectivity index (χ4v) is 2.62. The van der Waals surface area contributed by atoms with Crippen LogP contribution >= 0.6 is 0 Å². The lowest BCUT2D eigenvalue weighted by molar-refractivity contribution is -0.145. The number of esters is 1. The van der Waals surface area contributed by atoms with Gasteiger partial charge in [-0.1, -0.05) is 0 Å². The summed E-state index contributed by atoms with van der Waals surface area (Å²) in [7, 11) is 1.46. The van der Waals surface area contributed by atoms with Crippen molar-refractivity contribution >= 4 is 5.97 Å². The Hall–Kier alpha value is -1.36. The predicted molar refractivity (Wildman–Crippen MR) is 68.3 cm³/mol. The zero-order chi connectivity index (χ0) is 13.1. The van der Waals surface area contributed by atoms with Crippen LogP contribution in [0, 0.1) is 13.8 Å². The highest BCUT2D eigenvalue weighted by atomic mass is 16.5. The molecule has 2 rings (SSSR count). The van der Waals surface area contributed by atoms with Gasteiger partial charge in [-0.2, -0.15) is 5.10 Å². The van der Waals surface area contributed by atoms with Gasteiger partial charge >= 0.3 is 5.97 Å². The lowest BCUT2D eigenvalue weighted by atomic mass is 10.2. The van der Waals surface area contributed by atoms with E-state index >= 15 is 0 Å². The summed E-state index contributed by atoms with van der Waals surface area (Å²) in [5.74, 6) is -0.110. The van der Waals surface area contributed by atoms with E-state index < -0.39 is 0 Å². The van der Waals surface area contributed by atoms with E-state index in [1.807, 2.05) is 11.6 Å². The average molecular weight is 251 g/mol. The number of aryl methyl sites for hydroxylation is 2. The van der Waals surface area contributed by atoms with Crippen molar-refractivity contribution in [3.05, 3.63) is 17.5 Å². The third-order valence-electron chi connectivity index (χ3n) is 3.54. The molecule has 1 saturated heterocycles. The molecule has 0 unspecified atom stereocenters. The zero-order valence-corrected chi connectivity index (χ0v) is 11.3. The van der Waals surface area contributed by atoms with Crippen molar-refractivity contribution in [2.75, 3.05) is 20.2 Å². The standard InChI is InChI=1S/C13H21N3O2/c1-10-9-11(2)16(14-10)8-7-15-6-4-5-12(15)13(17)18-3/h9,12H,4-8H2,1-3H3/t12-/m0/s1.